The van der Waals surface area contributed by atoms with E-state index >= 15 is 0 Å². The summed E-state index contributed by atoms with van der Waals surface area (Å²) in [6.07, 6.45) is 5.61. The van der Waals surface area contributed by atoms with Crippen LogP contribution in [0.2, 0.25) is 0 Å². The predicted octanol–water partition coefficient (Wildman–Crippen LogP) is 1.86. The molecule has 2 amide bonds. The van der Waals surface area contributed by atoms with E-state index in [1.807, 2.05) is 30.3 Å². The number of hydrogen-bond donors (Lipinski definition) is 1. The molecule has 1 N–H and O–H groups in total. The van der Waals surface area contributed by atoms with Gasteiger partial charge in [-0.25, -0.2) is 0 Å². The fourth-order valence-electron chi connectivity index (χ4n) is 3.56. The molecule has 0 aliphatic carbocycles. The van der Waals surface area contributed by atoms with Crippen molar-refractivity contribution in [3.8, 4) is 0 Å². The molecule has 0 saturated carbocycles. The number of pyridine rings is 1. The highest BCUT2D eigenvalue weighted by atomic mass is 16.2. The van der Waals surface area contributed by atoms with E-state index in [0.717, 1.165) is 31.5 Å². The number of nitrogens with one attached hydrogen (secondary N) is 1. The zero-order chi connectivity index (χ0) is 19.8. The lowest BCUT2D eigenvalue weighted by Gasteiger charge is -2.35. The van der Waals surface area contributed by atoms with Gasteiger partial charge in [0, 0.05) is 39.1 Å². The lowest BCUT2D eigenvalue weighted by Crippen LogP contribution is -2.56. The lowest BCUT2D eigenvalue weighted by atomic mass is 10.1. The van der Waals surface area contributed by atoms with Gasteiger partial charge in [0.15, 0.2) is 0 Å². The Bertz CT molecular complexity index is 767. The van der Waals surface area contributed by atoms with Gasteiger partial charge in [-0.3, -0.25) is 19.5 Å². The standard InChI is InChI=1S/C22H28N4O2/c1-25(17-19-9-5-11-23-16-19)21(27)15-20-22(28)24-12-14-26(20)13-6-10-18-7-3-2-4-8-18/h2-5,7-9,11,16,20H,6,10,12-15,17H2,1H3,(H,24,28)/t20-/m0/s1. The minimum atomic E-state index is -0.395. The van der Waals surface area contributed by atoms with E-state index in [-0.39, 0.29) is 18.2 Å². The number of rotatable bonds is 8. The number of carbonyl (C=O) groups excluding carboxylic acids is 2. The largest absolute Gasteiger partial charge is 0.353 e. The van der Waals surface area contributed by atoms with Crippen LogP contribution in [0.15, 0.2) is 54.9 Å². The molecule has 1 saturated heterocycles. The van der Waals surface area contributed by atoms with E-state index in [0.29, 0.717) is 13.1 Å². The van der Waals surface area contributed by atoms with Crippen molar-refractivity contribution in [3.63, 3.8) is 0 Å². The van der Waals surface area contributed by atoms with Gasteiger partial charge in [-0.2, -0.15) is 0 Å². The second kappa shape index (κ2) is 9.99. The summed E-state index contributed by atoms with van der Waals surface area (Å²) in [4.78, 5) is 33.0. The summed E-state index contributed by atoms with van der Waals surface area (Å²) in [6, 6.07) is 13.8. The van der Waals surface area contributed by atoms with E-state index in [9.17, 15) is 9.59 Å². The number of benzene rings is 1. The van der Waals surface area contributed by atoms with E-state index < -0.39 is 6.04 Å². The fraction of sp³-hybridized carbons (Fsp3) is 0.409. The SMILES string of the molecule is CN(Cc1cccnc1)C(=O)C[C@H]1C(=O)NCCN1CCCc1ccccc1. The summed E-state index contributed by atoms with van der Waals surface area (Å²) >= 11 is 0. The van der Waals surface area contributed by atoms with Gasteiger partial charge in [-0.05, 0) is 36.6 Å². The highest BCUT2D eigenvalue weighted by Crippen LogP contribution is 2.13. The second-order valence-electron chi connectivity index (χ2n) is 7.25. The van der Waals surface area contributed by atoms with Crippen LogP contribution >= 0.6 is 0 Å². The smallest absolute Gasteiger partial charge is 0.237 e. The molecule has 0 spiro atoms. The first-order chi connectivity index (χ1) is 13.6. The molecule has 3 rings (SSSR count). The summed E-state index contributed by atoms with van der Waals surface area (Å²) in [7, 11) is 1.77. The lowest BCUT2D eigenvalue weighted by molar-refractivity contribution is -0.138. The maximum absolute atomic E-state index is 12.7. The first-order valence-corrected chi connectivity index (χ1v) is 9.82. The van der Waals surface area contributed by atoms with Crippen LogP contribution in [0.25, 0.3) is 0 Å². The average molecular weight is 380 g/mol. The minimum absolute atomic E-state index is 0.0287. The van der Waals surface area contributed by atoms with Crippen molar-refractivity contribution in [3.05, 3.63) is 66.0 Å². The van der Waals surface area contributed by atoms with E-state index in [1.54, 1.807) is 24.3 Å². The van der Waals surface area contributed by atoms with Gasteiger partial charge in [0.05, 0.1) is 12.5 Å². The normalized spacial score (nSPS) is 17.2. The summed E-state index contributed by atoms with van der Waals surface area (Å²) in [5, 5.41) is 2.90. The Kier molecular flexibility index (Phi) is 7.14. The average Bonchev–Trinajstić information content (AvgIpc) is 2.72. The molecule has 2 heterocycles. The molecular weight excluding hydrogens is 352 g/mol. The molecule has 1 aromatic carbocycles. The summed E-state index contributed by atoms with van der Waals surface area (Å²) < 4.78 is 0. The van der Waals surface area contributed by atoms with Gasteiger partial charge >= 0.3 is 0 Å². The van der Waals surface area contributed by atoms with Crippen LogP contribution in [0.3, 0.4) is 0 Å². The molecule has 28 heavy (non-hydrogen) atoms. The Morgan fingerprint density at radius 3 is 2.75 bits per heavy atom. The molecular formula is C22H28N4O2. The van der Waals surface area contributed by atoms with Crippen molar-refractivity contribution in [2.24, 2.45) is 0 Å². The molecule has 1 aliphatic rings. The highest BCUT2D eigenvalue weighted by Gasteiger charge is 2.32. The Morgan fingerprint density at radius 1 is 1.21 bits per heavy atom. The van der Waals surface area contributed by atoms with Crippen molar-refractivity contribution < 1.29 is 9.59 Å². The number of aryl methyl sites for hydroxylation is 1. The van der Waals surface area contributed by atoms with Crippen LogP contribution in [0.1, 0.15) is 24.0 Å². The highest BCUT2D eigenvalue weighted by molar-refractivity contribution is 5.88. The van der Waals surface area contributed by atoms with Gasteiger partial charge in [-0.1, -0.05) is 36.4 Å². The molecule has 1 fully saturated rings. The van der Waals surface area contributed by atoms with Gasteiger partial charge < -0.3 is 10.2 Å². The number of nitrogens with zero attached hydrogens (tertiary/aromatic N) is 3. The predicted molar refractivity (Wildman–Crippen MR) is 108 cm³/mol. The van der Waals surface area contributed by atoms with Crippen LogP contribution in [0.5, 0.6) is 0 Å². The third-order valence-electron chi connectivity index (χ3n) is 5.13. The van der Waals surface area contributed by atoms with Gasteiger partial charge in [0.2, 0.25) is 11.8 Å². The molecule has 0 bridgehead atoms. The first-order valence-electron chi connectivity index (χ1n) is 9.82. The zero-order valence-electron chi connectivity index (χ0n) is 16.4. The van der Waals surface area contributed by atoms with E-state index in [2.05, 4.69) is 27.3 Å². The van der Waals surface area contributed by atoms with Crippen molar-refractivity contribution in [1.29, 1.82) is 0 Å². The molecule has 2 aromatic rings. The molecule has 0 radical (unpaired) electrons. The minimum Gasteiger partial charge on any atom is -0.353 e. The quantitative estimate of drug-likeness (QED) is 0.759. The Morgan fingerprint density at radius 2 is 2.00 bits per heavy atom. The van der Waals surface area contributed by atoms with Gasteiger partial charge in [0.1, 0.15) is 0 Å². The van der Waals surface area contributed by atoms with Crippen molar-refractivity contribution in [2.75, 3.05) is 26.7 Å². The number of piperazine rings is 1. The van der Waals surface area contributed by atoms with Crippen LogP contribution < -0.4 is 5.32 Å². The number of amides is 2. The van der Waals surface area contributed by atoms with Crippen LogP contribution in [-0.2, 0) is 22.6 Å². The molecule has 1 aromatic heterocycles. The third kappa shape index (κ3) is 5.63. The maximum atomic E-state index is 12.7. The summed E-state index contributed by atoms with van der Waals surface area (Å²) in [6.45, 7) is 2.73. The van der Waals surface area contributed by atoms with Gasteiger partial charge in [-0.15, -0.1) is 0 Å². The molecule has 6 nitrogen and oxygen atoms in total. The summed E-state index contributed by atoms with van der Waals surface area (Å²) in [5.74, 6) is -0.0759. The second-order valence-corrected chi connectivity index (χ2v) is 7.25. The van der Waals surface area contributed by atoms with Crippen molar-refractivity contribution >= 4 is 11.8 Å². The molecule has 6 heteroatoms. The Labute approximate surface area is 166 Å². The van der Waals surface area contributed by atoms with Crippen molar-refractivity contribution in [2.45, 2.75) is 31.8 Å². The Hall–Kier alpha value is -2.73. The van der Waals surface area contributed by atoms with Crippen LogP contribution in [0.4, 0.5) is 0 Å². The van der Waals surface area contributed by atoms with E-state index in [1.165, 1.54) is 5.56 Å². The van der Waals surface area contributed by atoms with Crippen molar-refractivity contribution in [1.82, 2.24) is 20.1 Å². The molecule has 0 unspecified atom stereocenters. The number of aromatic nitrogens is 1. The fourth-order valence-corrected chi connectivity index (χ4v) is 3.56. The zero-order valence-corrected chi connectivity index (χ0v) is 16.4. The summed E-state index contributed by atoms with van der Waals surface area (Å²) in [5.41, 5.74) is 2.28. The molecule has 148 valence electrons. The molecule has 1 atom stereocenters. The number of carbonyl (C=O) groups is 2. The monoisotopic (exact) mass is 380 g/mol. The van der Waals surface area contributed by atoms with Crippen LogP contribution in [-0.4, -0.2) is 59.3 Å². The molecule has 1 aliphatic heterocycles. The Balaban J connectivity index is 1.54. The topological polar surface area (TPSA) is 65.5 Å². The van der Waals surface area contributed by atoms with Gasteiger partial charge in [0.25, 0.3) is 0 Å². The van der Waals surface area contributed by atoms with E-state index in [4.69, 9.17) is 0 Å². The number of hydrogen-bond acceptors (Lipinski definition) is 4. The third-order valence-corrected chi connectivity index (χ3v) is 5.13. The maximum Gasteiger partial charge on any atom is 0.237 e. The van der Waals surface area contributed by atoms with Crippen LogP contribution in [0, 0.1) is 0 Å². The first kappa shape index (κ1) is 20.0.